The van der Waals surface area contributed by atoms with E-state index in [4.69, 9.17) is 18.6 Å². The van der Waals surface area contributed by atoms with Gasteiger partial charge in [0.15, 0.2) is 11.5 Å². The number of non-ortho nitro benzene ring substituents is 1. The predicted octanol–water partition coefficient (Wildman–Crippen LogP) is 5.39. The van der Waals surface area contributed by atoms with E-state index in [1.54, 1.807) is 61.5 Å². The molecule has 0 aliphatic carbocycles. The fourth-order valence-corrected chi connectivity index (χ4v) is 3.17. The summed E-state index contributed by atoms with van der Waals surface area (Å²) in [6.07, 6.45) is 0. The molecule has 0 saturated carbocycles. The number of methoxy groups -OCH3 is 1. The van der Waals surface area contributed by atoms with Gasteiger partial charge in [0.1, 0.15) is 23.7 Å². The molecule has 0 aliphatic heterocycles. The Morgan fingerprint density at radius 2 is 1.72 bits per heavy atom. The van der Waals surface area contributed by atoms with Crippen LogP contribution in [0.2, 0.25) is 0 Å². The van der Waals surface area contributed by atoms with Gasteiger partial charge in [-0.05, 0) is 48.9 Å². The van der Waals surface area contributed by atoms with Crippen LogP contribution in [0.15, 0.2) is 75.9 Å². The van der Waals surface area contributed by atoms with Crippen LogP contribution in [0.4, 0.5) is 5.69 Å². The lowest BCUT2D eigenvalue weighted by Crippen LogP contribution is -2.08. The molecule has 0 spiro atoms. The molecule has 162 valence electrons. The van der Waals surface area contributed by atoms with E-state index in [0.29, 0.717) is 34.0 Å². The second kappa shape index (κ2) is 8.81. The molecule has 1 aromatic heterocycles. The molecule has 0 amide bonds. The second-order valence-electron chi connectivity index (χ2n) is 6.94. The molecule has 0 radical (unpaired) electrons. The van der Waals surface area contributed by atoms with Crippen LogP contribution in [0.1, 0.15) is 11.3 Å². The third-order valence-corrected chi connectivity index (χ3v) is 4.82. The number of nitro groups is 1. The molecule has 1 heterocycles. The topological polar surface area (TPSA) is 101 Å². The van der Waals surface area contributed by atoms with E-state index < -0.39 is 4.92 Å². The zero-order chi connectivity index (χ0) is 22.7. The summed E-state index contributed by atoms with van der Waals surface area (Å²) < 4.78 is 22.7. The lowest BCUT2D eigenvalue weighted by molar-refractivity contribution is -0.384. The third kappa shape index (κ3) is 4.24. The van der Waals surface area contributed by atoms with Gasteiger partial charge in [0.25, 0.3) is 5.69 Å². The minimum absolute atomic E-state index is 0.0165. The second-order valence-corrected chi connectivity index (χ2v) is 6.94. The van der Waals surface area contributed by atoms with E-state index in [-0.39, 0.29) is 23.5 Å². The normalized spacial score (nSPS) is 10.7. The molecule has 0 fully saturated rings. The summed E-state index contributed by atoms with van der Waals surface area (Å²) >= 11 is 0. The molecule has 3 aromatic carbocycles. The molecule has 0 saturated heterocycles. The van der Waals surface area contributed by atoms with Gasteiger partial charge in [-0.15, -0.1) is 0 Å². The predicted molar refractivity (Wildman–Crippen MR) is 118 cm³/mol. The van der Waals surface area contributed by atoms with Crippen molar-refractivity contribution in [1.82, 2.24) is 0 Å². The number of aryl methyl sites for hydroxylation is 1. The molecular weight excluding hydrogens is 414 g/mol. The third-order valence-electron chi connectivity index (χ3n) is 4.82. The van der Waals surface area contributed by atoms with Crippen molar-refractivity contribution in [3.63, 3.8) is 0 Å². The molecule has 0 unspecified atom stereocenters. The molecule has 4 aromatic rings. The Hall–Kier alpha value is -4.33. The van der Waals surface area contributed by atoms with E-state index >= 15 is 0 Å². The summed E-state index contributed by atoms with van der Waals surface area (Å²) in [7, 11) is 1.52. The number of nitro benzene ring substituents is 1. The van der Waals surface area contributed by atoms with E-state index in [2.05, 4.69) is 0 Å². The number of fused-ring (bicyclic) bond motifs is 1. The summed E-state index contributed by atoms with van der Waals surface area (Å²) in [6.45, 7) is 1.86. The van der Waals surface area contributed by atoms with Crippen LogP contribution < -0.4 is 19.6 Å². The van der Waals surface area contributed by atoms with Crippen LogP contribution in [0.5, 0.6) is 23.0 Å². The molecule has 0 aliphatic rings. The molecule has 4 rings (SSSR count). The van der Waals surface area contributed by atoms with Crippen molar-refractivity contribution < 1.29 is 23.6 Å². The number of hydrogen-bond acceptors (Lipinski definition) is 7. The molecule has 0 atom stereocenters. The zero-order valence-electron chi connectivity index (χ0n) is 17.4. The van der Waals surface area contributed by atoms with Crippen molar-refractivity contribution in [2.45, 2.75) is 13.5 Å². The van der Waals surface area contributed by atoms with Crippen LogP contribution in [0, 0.1) is 17.0 Å². The first-order valence-corrected chi connectivity index (χ1v) is 9.70. The van der Waals surface area contributed by atoms with Crippen LogP contribution in [0.25, 0.3) is 11.0 Å². The minimum Gasteiger partial charge on any atom is -0.493 e. The van der Waals surface area contributed by atoms with Crippen LogP contribution in [-0.4, -0.2) is 12.0 Å². The molecule has 0 N–H and O–H groups in total. The highest BCUT2D eigenvalue weighted by Crippen LogP contribution is 2.32. The number of benzene rings is 3. The molecular formula is C24H19NO7. The quantitative estimate of drug-likeness (QED) is 0.284. The Morgan fingerprint density at radius 3 is 2.41 bits per heavy atom. The standard InChI is InChI=1S/C24H19NO7/c1-15-24(32-21-6-4-3-5-20(21)29-2)23(26)19-12-11-18(13-22(19)31-15)30-14-16-7-9-17(10-8-16)25(27)28/h3-13H,14H2,1-2H3. The fourth-order valence-electron chi connectivity index (χ4n) is 3.17. The van der Waals surface area contributed by atoms with E-state index in [0.717, 1.165) is 5.56 Å². The summed E-state index contributed by atoms with van der Waals surface area (Å²) in [5.41, 5.74) is 0.842. The van der Waals surface area contributed by atoms with Crippen molar-refractivity contribution in [2.24, 2.45) is 0 Å². The first-order chi connectivity index (χ1) is 15.5. The first-order valence-electron chi connectivity index (χ1n) is 9.70. The summed E-state index contributed by atoms with van der Waals surface area (Å²) in [4.78, 5) is 23.3. The first kappa shape index (κ1) is 20.9. The zero-order valence-corrected chi connectivity index (χ0v) is 17.4. The lowest BCUT2D eigenvalue weighted by Gasteiger charge is -2.12. The van der Waals surface area contributed by atoms with Gasteiger partial charge in [-0.1, -0.05) is 12.1 Å². The van der Waals surface area contributed by atoms with Crippen molar-refractivity contribution in [2.75, 3.05) is 7.11 Å². The maximum absolute atomic E-state index is 13.0. The van der Waals surface area contributed by atoms with Gasteiger partial charge in [-0.2, -0.15) is 0 Å². The molecule has 8 nitrogen and oxygen atoms in total. The van der Waals surface area contributed by atoms with Crippen LogP contribution >= 0.6 is 0 Å². The van der Waals surface area contributed by atoms with E-state index in [1.165, 1.54) is 19.2 Å². The smallest absolute Gasteiger partial charge is 0.269 e. The van der Waals surface area contributed by atoms with Gasteiger partial charge in [0.05, 0.1) is 17.4 Å². The van der Waals surface area contributed by atoms with Crippen LogP contribution in [-0.2, 0) is 6.61 Å². The number of rotatable bonds is 7. The van der Waals surface area contributed by atoms with Gasteiger partial charge in [0, 0.05) is 18.2 Å². The molecule has 32 heavy (non-hydrogen) atoms. The Bertz CT molecular complexity index is 1340. The molecule has 8 heteroatoms. The summed E-state index contributed by atoms with van der Waals surface area (Å²) in [6, 6.07) is 18.0. The van der Waals surface area contributed by atoms with Gasteiger partial charge in [0.2, 0.25) is 11.2 Å². The average molecular weight is 433 g/mol. The number of hydrogen-bond donors (Lipinski definition) is 0. The van der Waals surface area contributed by atoms with Gasteiger partial charge in [-0.25, -0.2) is 0 Å². The highest BCUT2D eigenvalue weighted by Gasteiger charge is 2.16. The Balaban J connectivity index is 1.58. The van der Waals surface area contributed by atoms with Crippen LogP contribution in [0.3, 0.4) is 0 Å². The van der Waals surface area contributed by atoms with Crippen molar-refractivity contribution in [3.8, 4) is 23.0 Å². The van der Waals surface area contributed by atoms with Crippen molar-refractivity contribution in [1.29, 1.82) is 0 Å². The highest BCUT2D eigenvalue weighted by atomic mass is 16.6. The number of para-hydroxylation sites is 2. The largest absolute Gasteiger partial charge is 0.493 e. The minimum atomic E-state index is -0.454. The monoisotopic (exact) mass is 433 g/mol. The highest BCUT2D eigenvalue weighted by molar-refractivity contribution is 5.79. The SMILES string of the molecule is COc1ccccc1Oc1c(C)oc2cc(OCc3ccc([N+](=O)[O-])cc3)ccc2c1=O. The van der Waals surface area contributed by atoms with Crippen molar-refractivity contribution in [3.05, 3.63) is 98.4 Å². The number of nitrogens with zero attached hydrogens (tertiary/aromatic N) is 1. The Kier molecular flexibility index (Phi) is 5.76. The summed E-state index contributed by atoms with van der Waals surface area (Å²) in [5, 5.41) is 11.1. The summed E-state index contributed by atoms with van der Waals surface area (Å²) in [5.74, 6) is 1.81. The Morgan fingerprint density at radius 1 is 1.00 bits per heavy atom. The maximum atomic E-state index is 13.0. The average Bonchev–Trinajstić information content (AvgIpc) is 2.80. The lowest BCUT2D eigenvalue weighted by atomic mass is 10.2. The van der Waals surface area contributed by atoms with Gasteiger partial charge in [-0.3, -0.25) is 14.9 Å². The molecule has 0 bridgehead atoms. The Labute approximate surface area is 182 Å². The van der Waals surface area contributed by atoms with Gasteiger partial charge < -0.3 is 18.6 Å². The van der Waals surface area contributed by atoms with Crippen molar-refractivity contribution >= 4 is 16.7 Å². The fraction of sp³-hybridized carbons (Fsp3) is 0.125. The maximum Gasteiger partial charge on any atom is 0.269 e. The van der Waals surface area contributed by atoms with Gasteiger partial charge >= 0.3 is 0 Å². The van der Waals surface area contributed by atoms with E-state index in [1.807, 2.05) is 0 Å². The number of ether oxygens (including phenoxy) is 3. The van der Waals surface area contributed by atoms with E-state index in [9.17, 15) is 14.9 Å².